The molecule has 3 rings (SSSR count). The number of anilines is 1. The van der Waals surface area contributed by atoms with Gasteiger partial charge in [0, 0.05) is 30.9 Å². The minimum Gasteiger partial charge on any atom is -0.496 e. The van der Waals surface area contributed by atoms with Gasteiger partial charge in [-0.15, -0.1) is 0 Å². The van der Waals surface area contributed by atoms with Crippen molar-refractivity contribution < 1.29 is 24.5 Å². The molecule has 6 nitrogen and oxygen atoms in total. The zero-order valence-electron chi connectivity index (χ0n) is 20.3. The van der Waals surface area contributed by atoms with Crippen LogP contribution in [0.3, 0.4) is 0 Å². The topological polar surface area (TPSA) is 79.2 Å². The van der Waals surface area contributed by atoms with Crippen molar-refractivity contribution in [3.63, 3.8) is 0 Å². The number of hydrogen-bond acceptors (Lipinski definition) is 5. The molecule has 0 aliphatic rings. The number of aliphatic hydroxyl groups is 1. The van der Waals surface area contributed by atoms with Crippen molar-refractivity contribution in [3.8, 4) is 17.2 Å². The van der Waals surface area contributed by atoms with E-state index in [4.69, 9.17) is 14.6 Å². The highest BCUT2D eigenvalue weighted by Gasteiger charge is 2.23. The largest absolute Gasteiger partial charge is 0.496 e. The molecule has 0 bridgehead atoms. The molecule has 0 saturated carbocycles. The Balaban J connectivity index is 2.14. The van der Waals surface area contributed by atoms with Crippen LogP contribution in [-0.4, -0.2) is 37.4 Å². The van der Waals surface area contributed by atoms with Crippen molar-refractivity contribution in [1.29, 1.82) is 0 Å². The number of halogens is 2. The van der Waals surface area contributed by atoms with E-state index in [2.05, 4.69) is 45.7 Å². The maximum Gasteiger partial charge on any atom is 0.307 e. The summed E-state index contributed by atoms with van der Waals surface area (Å²) < 4.78 is 13.2. The molecule has 0 aliphatic carbocycles. The van der Waals surface area contributed by atoms with Crippen molar-refractivity contribution in [3.05, 3.63) is 79.7 Å². The maximum atomic E-state index is 11.4. The van der Waals surface area contributed by atoms with Crippen LogP contribution in [0.2, 0.25) is 0 Å². The van der Waals surface area contributed by atoms with E-state index < -0.39 is 12.1 Å². The zero-order valence-corrected chi connectivity index (χ0v) is 23.5. The molecule has 0 aromatic heterocycles. The first-order valence-corrected chi connectivity index (χ1v) is 12.6. The monoisotopic (exact) mass is 605 g/mol. The molecule has 0 amide bonds. The molecule has 8 heteroatoms. The van der Waals surface area contributed by atoms with Crippen LogP contribution in [-0.2, 0) is 11.2 Å². The van der Waals surface area contributed by atoms with Crippen molar-refractivity contribution >= 4 is 43.5 Å². The van der Waals surface area contributed by atoms with E-state index in [0.29, 0.717) is 37.3 Å². The van der Waals surface area contributed by atoms with Crippen LogP contribution in [0, 0.1) is 0 Å². The molecule has 0 saturated heterocycles. The summed E-state index contributed by atoms with van der Waals surface area (Å²) in [6.07, 6.45) is -1.08. The van der Waals surface area contributed by atoms with E-state index in [0.717, 1.165) is 16.8 Å². The van der Waals surface area contributed by atoms with Gasteiger partial charge < -0.3 is 24.6 Å². The Hall–Kier alpha value is -2.55. The molecule has 0 fully saturated rings. The van der Waals surface area contributed by atoms with Gasteiger partial charge in [-0.1, -0.05) is 26.0 Å². The number of methoxy groups -OCH3 is 1. The Kier molecular flexibility index (Phi) is 8.85. The average molecular weight is 607 g/mol. The molecule has 0 heterocycles. The fourth-order valence-corrected chi connectivity index (χ4v) is 5.21. The summed E-state index contributed by atoms with van der Waals surface area (Å²) in [5.41, 5.74) is 3.80. The van der Waals surface area contributed by atoms with Gasteiger partial charge in [0.15, 0.2) is 5.75 Å². The number of aliphatic carboxylic acids is 1. The summed E-state index contributed by atoms with van der Waals surface area (Å²) in [6.45, 7) is 4.12. The Labute approximate surface area is 222 Å². The lowest BCUT2D eigenvalue weighted by molar-refractivity contribution is -0.136. The Morgan fingerprint density at radius 3 is 2.17 bits per heavy atom. The molecule has 1 atom stereocenters. The van der Waals surface area contributed by atoms with Crippen LogP contribution in [0.4, 0.5) is 5.69 Å². The van der Waals surface area contributed by atoms with Crippen molar-refractivity contribution in [2.24, 2.45) is 0 Å². The molecule has 186 valence electrons. The maximum absolute atomic E-state index is 11.4. The predicted octanol–water partition coefficient (Wildman–Crippen LogP) is 6.91. The van der Waals surface area contributed by atoms with Crippen LogP contribution in [0.25, 0.3) is 0 Å². The average Bonchev–Trinajstić information content (AvgIpc) is 2.80. The summed E-state index contributed by atoms with van der Waals surface area (Å²) in [5.74, 6) is 0.860. The fourth-order valence-electron chi connectivity index (χ4n) is 3.77. The first-order chi connectivity index (χ1) is 16.5. The summed E-state index contributed by atoms with van der Waals surface area (Å²) in [7, 11) is 5.51. The number of ether oxygens (including phenoxy) is 2. The van der Waals surface area contributed by atoms with Crippen LogP contribution in [0.15, 0.2) is 57.5 Å². The lowest BCUT2D eigenvalue weighted by atomic mass is 9.94. The molecule has 3 aromatic rings. The fraction of sp³-hybridized carbons (Fsp3) is 0.296. The normalized spacial score (nSPS) is 11.9. The van der Waals surface area contributed by atoms with Crippen molar-refractivity contribution in [2.75, 3.05) is 26.1 Å². The number of carboxylic acids is 1. The first-order valence-electron chi connectivity index (χ1n) is 11.1. The highest BCUT2D eigenvalue weighted by atomic mass is 79.9. The Morgan fingerprint density at radius 2 is 1.63 bits per heavy atom. The second-order valence-corrected chi connectivity index (χ2v) is 10.4. The smallest absolute Gasteiger partial charge is 0.307 e. The van der Waals surface area contributed by atoms with Crippen LogP contribution in [0.5, 0.6) is 17.2 Å². The molecular weight excluding hydrogens is 578 g/mol. The third-order valence-corrected chi connectivity index (χ3v) is 6.78. The number of carboxylic acid groups (broad SMARTS) is 1. The van der Waals surface area contributed by atoms with E-state index >= 15 is 0 Å². The van der Waals surface area contributed by atoms with Gasteiger partial charge >= 0.3 is 5.97 Å². The number of nitrogens with zero attached hydrogens (tertiary/aromatic N) is 1. The standard InChI is InChI=1S/C27H29Br2NO5/c1-15(2)19-13-24(35-27-21(28)9-16(10-22(27)29)11-25(31)32)20(14-23(19)34-5)26(33)17-7-6-8-18(12-17)30(3)4/h6-10,12-15,26,33H,11H2,1-5H3,(H,31,32). The summed E-state index contributed by atoms with van der Waals surface area (Å²) >= 11 is 7.02. The van der Waals surface area contributed by atoms with Gasteiger partial charge in [0.25, 0.3) is 0 Å². The van der Waals surface area contributed by atoms with Crippen molar-refractivity contribution in [2.45, 2.75) is 32.3 Å². The number of rotatable bonds is 9. The van der Waals surface area contributed by atoms with Crippen LogP contribution in [0.1, 0.15) is 48.1 Å². The van der Waals surface area contributed by atoms with E-state index in [1.807, 2.05) is 55.4 Å². The minimum absolute atomic E-state index is 0.107. The predicted molar refractivity (Wildman–Crippen MR) is 145 cm³/mol. The third-order valence-electron chi connectivity index (χ3n) is 5.61. The van der Waals surface area contributed by atoms with Crippen LogP contribution >= 0.6 is 31.9 Å². The number of benzene rings is 3. The summed E-state index contributed by atoms with van der Waals surface area (Å²) in [6, 6.07) is 14.8. The molecule has 35 heavy (non-hydrogen) atoms. The summed E-state index contributed by atoms with van der Waals surface area (Å²) in [4.78, 5) is 13.1. The van der Waals surface area contributed by atoms with Gasteiger partial charge in [0.1, 0.15) is 17.6 Å². The lowest BCUT2D eigenvalue weighted by Gasteiger charge is -2.23. The summed E-state index contributed by atoms with van der Waals surface area (Å²) in [5, 5.41) is 20.6. The Morgan fingerprint density at radius 1 is 1.00 bits per heavy atom. The number of carbonyl (C=O) groups is 1. The zero-order chi connectivity index (χ0) is 25.9. The van der Waals surface area contributed by atoms with E-state index in [9.17, 15) is 9.90 Å². The molecule has 0 spiro atoms. The molecule has 1 unspecified atom stereocenters. The molecular formula is C27H29Br2NO5. The number of aliphatic hydroxyl groups excluding tert-OH is 1. The molecule has 0 radical (unpaired) electrons. The quantitative estimate of drug-likeness (QED) is 0.275. The molecule has 2 N–H and O–H groups in total. The van der Waals surface area contributed by atoms with E-state index in [-0.39, 0.29) is 12.3 Å². The highest BCUT2D eigenvalue weighted by molar-refractivity contribution is 9.11. The second kappa shape index (κ2) is 11.5. The number of hydrogen-bond donors (Lipinski definition) is 2. The highest BCUT2D eigenvalue weighted by Crippen LogP contribution is 2.44. The molecule has 0 aliphatic heterocycles. The van der Waals surface area contributed by atoms with E-state index in [1.165, 1.54) is 0 Å². The van der Waals surface area contributed by atoms with Crippen LogP contribution < -0.4 is 14.4 Å². The lowest BCUT2D eigenvalue weighted by Crippen LogP contribution is -2.10. The van der Waals surface area contributed by atoms with Gasteiger partial charge in [-0.25, -0.2) is 0 Å². The SMILES string of the molecule is COc1cc(C(O)c2cccc(N(C)C)c2)c(Oc2c(Br)cc(CC(=O)O)cc2Br)cc1C(C)C. The van der Waals surface area contributed by atoms with Gasteiger partial charge in [-0.3, -0.25) is 4.79 Å². The van der Waals surface area contributed by atoms with Crippen molar-refractivity contribution in [1.82, 2.24) is 0 Å². The first kappa shape index (κ1) is 27.0. The Bertz CT molecular complexity index is 1200. The minimum atomic E-state index is -0.969. The van der Waals surface area contributed by atoms with Gasteiger partial charge in [0.05, 0.1) is 22.5 Å². The van der Waals surface area contributed by atoms with Gasteiger partial charge in [-0.05, 0) is 85.3 Å². The van der Waals surface area contributed by atoms with Gasteiger partial charge in [0.2, 0.25) is 0 Å². The second-order valence-electron chi connectivity index (χ2n) is 8.74. The van der Waals surface area contributed by atoms with E-state index in [1.54, 1.807) is 19.2 Å². The molecule has 3 aromatic carbocycles. The third kappa shape index (κ3) is 6.37. The van der Waals surface area contributed by atoms with Gasteiger partial charge in [-0.2, -0.15) is 0 Å².